The van der Waals surface area contributed by atoms with Gasteiger partial charge in [0.05, 0.1) is 13.2 Å². The average molecular weight is 317 g/mol. The highest BCUT2D eigenvalue weighted by molar-refractivity contribution is 5.82. The van der Waals surface area contributed by atoms with Crippen molar-refractivity contribution in [3.05, 3.63) is 76.7 Å². The molecule has 0 amide bonds. The van der Waals surface area contributed by atoms with E-state index in [2.05, 4.69) is 4.98 Å². The van der Waals surface area contributed by atoms with Gasteiger partial charge >= 0.3 is 0 Å². The van der Waals surface area contributed by atoms with E-state index >= 15 is 0 Å². The van der Waals surface area contributed by atoms with E-state index in [-0.39, 0.29) is 24.3 Å². The normalized spacial score (nSPS) is 11.1. The summed E-state index contributed by atoms with van der Waals surface area (Å²) in [4.78, 5) is 4.18. The van der Waals surface area contributed by atoms with Crippen LogP contribution in [0.3, 0.4) is 0 Å². The van der Waals surface area contributed by atoms with Crippen molar-refractivity contribution >= 4 is 10.9 Å². The number of fused-ring (bicyclic) bond motifs is 1. The second-order valence-electron chi connectivity index (χ2n) is 5.25. The third-order valence-corrected chi connectivity index (χ3v) is 3.57. The first-order chi connectivity index (χ1) is 11.1. The van der Waals surface area contributed by atoms with Crippen LogP contribution in [0, 0.1) is 24.4 Å². The van der Waals surface area contributed by atoms with Crippen LogP contribution >= 0.6 is 0 Å². The zero-order chi connectivity index (χ0) is 16.4. The molecule has 5 heteroatoms. The fourth-order valence-electron chi connectivity index (χ4n) is 2.48. The third-order valence-electron chi connectivity index (χ3n) is 3.57. The lowest BCUT2D eigenvalue weighted by atomic mass is 10.1. The van der Waals surface area contributed by atoms with E-state index in [0.717, 1.165) is 5.56 Å². The third kappa shape index (κ3) is 3.19. The van der Waals surface area contributed by atoms with Crippen molar-refractivity contribution < 1.29 is 17.9 Å². The van der Waals surface area contributed by atoms with Crippen LogP contribution in [-0.2, 0) is 18.0 Å². The molecule has 0 fully saturated rings. The van der Waals surface area contributed by atoms with Gasteiger partial charge in [0.1, 0.15) is 23.0 Å². The lowest BCUT2D eigenvalue weighted by Crippen LogP contribution is -2.01. The molecule has 2 aromatic carbocycles. The van der Waals surface area contributed by atoms with Crippen molar-refractivity contribution in [3.63, 3.8) is 0 Å². The largest absolute Gasteiger partial charge is 0.372 e. The molecule has 1 aromatic heterocycles. The fourth-order valence-corrected chi connectivity index (χ4v) is 2.48. The molecule has 0 unspecified atom stereocenters. The summed E-state index contributed by atoms with van der Waals surface area (Å²) in [5.41, 5.74) is 1.53. The van der Waals surface area contributed by atoms with Crippen molar-refractivity contribution in [2.24, 2.45) is 0 Å². The number of halogens is 3. The van der Waals surface area contributed by atoms with Gasteiger partial charge in [0.15, 0.2) is 0 Å². The standard InChI is InChI=1S/C18H14F3NO/c1-11-8-12(13-4-2-7-17(21)18(13)22-11)9-23-10-14-15(19)5-3-6-16(14)20/h2-8H,9-10H2,1H3. The quantitative estimate of drug-likeness (QED) is 0.697. The molecule has 0 spiro atoms. The molecule has 0 aliphatic rings. The Labute approximate surface area is 131 Å². The predicted octanol–water partition coefficient (Wildman–Crippen LogP) is 4.68. The number of aryl methyl sites for hydroxylation is 1. The molecule has 0 radical (unpaired) electrons. The van der Waals surface area contributed by atoms with Gasteiger partial charge in [-0.1, -0.05) is 18.2 Å². The number of hydrogen-bond donors (Lipinski definition) is 0. The summed E-state index contributed by atoms with van der Waals surface area (Å²) in [7, 11) is 0. The number of para-hydroxylation sites is 1. The molecule has 3 rings (SSSR count). The minimum Gasteiger partial charge on any atom is -0.372 e. The molecule has 23 heavy (non-hydrogen) atoms. The fraction of sp³-hybridized carbons (Fsp3) is 0.167. The molecule has 1 heterocycles. The number of ether oxygens (including phenoxy) is 1. The molecule has 0 atom stereocenters. The highest BCUT2D eigenvalue weighted by Crippen LogP contribution is 2.22. The van der Waals surface area contributed by atoms with Crippen LogP contribution < -0.4 is 0 Å². The molecule has 0 saturated carbocycles. The lowest BCUT2D eigenvalue weighted by molar-refractivity contribution is 0.103. The minimum absolute atomic E-state index is 0.108. The Balaban J connectivity index is 1.84. The SMILES string of the molecule is Cc1cc(COCc2c(F)cccc2F)c2cccc(F)c2n1. The molecule has 118 valence electrons. The monoisotopic (exact) mass is 317 g/mol. The van der Waals surface area contributed by atoms with Gasteiger partial charge in [-0.3, -0.25) is 4.98 Å². The van der Waals surface area contributed by atoms with Crippen LogP contribution in [0.5, 0.6) is 0 Å². The molecule has 0 saturated heterocycles. The van der Waals surface area contributed by atoms with Gasteiger partial charge in [-0.15, -0.1) is 0 Å². The lowest BCUT2D eigenvalue weighted by Gasteiger charge is -2.10. The topological polar surface area (TPSA) is 22.1 Å². The van der Waals surface area contributed by atoms with Gasteiger partial charge in [-0.05, 0) is 36.8 Å². The molecule has 0 aliphatic carbocycles. The van der Waals surface area contributed by atoms with E-state index in [0.29, 0.717) is 11.1 Å². The summed E-state index contributed by atoms with van der Waals surface area (Å²) in [6.07, 6.45) is 0. The summed E-state index contributed by atoms with van der Waals surface area (Å²) < 4.78 is 46.4. The van der Waals surface area contributed by atoms with Gasteiger partial charge in [0.25, 0.3) is 0 Å². The second kappa shape index (κ2) is 6.38. The van der Waals surface area contributed by atoms with Crippen LogP contribution in [0.4, 0.5) is 13.2 Å². The van der Waals surface area contributed by atoms with Crippen molar-refractivity contribution in [1.29, 1.82) is 0 Å². The number of nitrogens with zero attached hydrogens (tertiary/aromatic N) is 1. The van der Waals surface area contributed by atoms with Crippen LogP contribution in [0.25, 0.3) is 10.9 Å². The van der Waals surface area contributed by atoms with E-state index in [1.54, 1.807) is 25.1 Å². The zero-order valence-electron chi connectivity index (χ0n) is 12.4. The Morgan fingerprint density at radius 1 is 0.913 bits per heavy atom. The van der Waals surface area contributed by atoms with E-state index in [9.17, 15) is 13.2 Å². The van der Waals surface area contributed by atoms with Crippen LogP contribution in [0.1, 0.15) is 16.8 Å². The van der Waals surface area contributed by atoms with Gasteiger partial charge in [0.2, 0.25) is 0 Å². The molecular weight excluding hydrogens is 303 g/mol. The van der Waals surface area contributed by atoms with Crippen LogP contribution in [-0.4, -0.2) is 4.98 Å². The number of rotatable bonds is 4. The molecular formula is C18H14F3NO. The second-order valence-corrected chi connectivity index (χ2v) is 5.25. The van der Waals surface area contributed by atoms with Gasteiger partial charge < -0.3 is 4.74 Å². The van der Waals surface area contributed by atoms with Crippen LogP contribution in [0.15, 0.2) is 42.5 Å². The first kappa shape index (κ1) is 15.5. The summed E-state index contributed by atoms with van der Waals surface area (Å²) in [5.74, 6) is -1.70. The highest BCUT2D eigenvalue weighted by atomic mass is 19.1. The Morgan fingerprint density at radius 2 is 1.57 bits per heavy atom. The Hall–Kier alpha value is -2.40. The zero-order valence-corrected chi connectivity index (χ0v) is 12.4. The number of aromatic nitrogens is 1. The van der Waals surface area contributed by atoms with E-state index in [1.165, 1.54) is 24.3 Å². The minimum atomic E-state index is -0.646. The summed E-state index contributed by atoms with van der Waals surface area (Å²) in [5, 5.41) is 0.629. The Kier molecular flexibility index (Phi) is 4.30. The summed E-state index contributed by atoms with van der Waals surface area (Å²) in [6, 6.07) is 10.1. The number of pyridine rings is 1. The highest BCUT2D eigenvalue weighted by Gasteiger charge is 2.11. The summed E-state index contributed by atoms with van der Waals surface area (Å²) in [6.45, 7) is 1.67. The van der Waals surface area contributed by atoms with Crippen molar-refractivity contribution in [2.75, 3.05) is 0 Å². The molecule has 0 bridgehead atoms. The maximum Gasteiger partial charge on any atom is 0.149 e. The summed E-state index contributed by atoms with van der Waals surface area (Å²) >= 11 is 0. The first-order valence-electron chi connectivity index (χ1n) is 7.11. The van der Waals surface area contributed by atoms with Crippen molar-refractivity contribution in [1.82, 2.24) is 4.98 Å². The van der Waals surface area contributed by atoms with Crippen LogP contribution in [0.2, 0.25) is 0 Å². The van der Waals surface area contributed by atoms with Crippen molar-refractivity contribution in [3.8, 4) is 0 Å². The Morgan fingerprint density at radius 3 is 2.30 bits per heavy atom. The number of benzene rings is 2. The average Bonchev–Trinajstić information content (AvgIpc) is 2.51. The van der Waals surface area contributed by atoms with Gasteiger partial charge in [-0.2, -0.15) is 0 Å². The maximum atomic E-state index is 13.8. The van der Waals surface area contributed by atoms with E-state index < -0.39 is 17.5 Å². The molecule has 0 aliphatic heterocycles. The maximum absolute atomic E-state index is 13.8. The smallest absolute Gasteiger partial charge is 0.149 e. The first-order valence-corrected chi connectivity index (χ1v) is 7.11. The molecule has 3 aromatic rings. The Bertz CT molecular complexity index is 844. The van der Waals surface area contributed by atoms with Gasteiger partial charge in [-0.25, -0.2) is 13.2 Å². The molecule has 2 nitrogen and oxygen atoms in total. The molecule has 0 N–H and O–H groups in total. The van der Waals surface area contributed by atoms with Gasteiger partial charge in [0, 0.05) is 16.6 Å². The van der Waals surface area contributed by atoms with E-state index in [1.807, 2.05) is 0 Å². The number of hydrogen-bond acceptors (Lipinski definition) is 2. The van der Waals surface area contributed by atoms with Crippen molar-refractivity contribution in [2.45, 2.75) is 20.1 Å². The van der Waals surface area contributed by atoms with E-state index in [4.69, 9.17) is 4.74 Å². The predicted molar refractivity (Wildman–Crippen MR) is 81.3 cm³/mol.